The Morgan fingerprint density at radius 2 is 2.27 bits per heavy atom. The maximum Gasteiger partial charge on any atom is 0.224 e. The molecule has 0 spiro atoms. The third-order valence-corrected chi connectivity index (χ3v) is 2.75. The van der Waals surface area contributed by atoms with Crippen molar-refractivity contribution in [2.75, 3.05) is 17.3 Å². The molecule has 0 aromatic heterocycles. The van der Waals surface area contributed by atoms with Crippen LogP contribution in [0.2, 0.25) is 0 Å². The first kappa shape index (κ1) is 12.1. The summed E-state index contributed by atoms with van der Waals surface area (Å²) in [6, 6.07) is 7.86. The van der Waals surface area contributed by atoms with Crippen molar-refractivity contribution in [3.8, 4) is 0 Å². The van der Waals surface area contributed by atoms with E-state index in [0.29, 0.717) is 6.42 Å². The molecule has 1 N–H and O–H groups in total. The Hall–Kier alpha value is -0.960. The van der Waals surface area contributed by atoms with Crippen molar-refractivity contribution in [1.82, 2.24) is 0 Å². The van der Waals surface area contributed by atoms with Gasteiger partial charge in [0.25, 0.3) is 0 Å². The lowest BCUT2D eigenvalue weighted by molar-refractivity contribution is -0.116. The zero-order valence-electron chi connectivity index (χ0n) is 9.25. The third-order valence-electron chi connectivity index (χ3n) is 2.05. The highest BCUT2D eigenvalue weighted by Crippen LogP contribution is 2.10. The molecule has 3 heteroatoms. The highest BCUT2D eigenvalue weighted by molar-refractivity contribution is 7.98. The van der Waals surface area contributed by atoms with Gasteiger partial charge in [0.15, 0.2) is 0 Å². The number of hydrogen-bond acceptors (Lipinski definition) is 2. The van der Waals surface area contributed by atoms with Crippen LogP contribution in [-0.4, -0.2) is 17.9 Å². The fourth-order valence-electron chi connectivity index (χ4n) is 1.32. The lowest BCUT2D eigenvalue weighted by Gasteiger charge is -2.05. The molecule has 1 aromatic rings. The monoisotopic (exact) mass is 223 g/mol. The highest BCUT2D eigenvalue weighted by Gasteiger charge is 2.01. The Bertz CT molecular complexity index is 325. The molecule has 0 aliphatic carbocycles. The summed E-state index contributed by atoms with van der Waals surface area (Å²) in [5, 5.41) is 2.89. The summed E-state index contributed by atoms with van der Waals surface area (Å²) in [4.78, 5) is 11.5. The minimum absolute atomic E-state index is 0.106. The van der Waals surface area contributed by atoms with E-state index in [1.54, 1.807) is 11.8 Å². The van der Waals surface area contributed by atoms with Crippen LogP contribution >= 0.6 is 11.8 Å². The van der Waals surface area contributed by atoms with Gasteiger partial charge in [0.2, 0.25) is 5.91 Å². The first-order valence-corrected chi connectivity index (χ1v) is 6.47. The lowest BCUT2D eigenvalue weighted by atomic mass is 10.2. The molecule has 1 rings (SSSR count). The second-order valence-electron chi connectivity index (χ2n) is 3.51. The maximum atomic E-state index is 11.5. The van der Waals surface area contributed by atoms with Crippen LogP contribution in [0.25, 0.3) is 0 Å². The molecular formula is C12H17NOS. The van der Waals surface area contributed by atoms with E-state index in [-0.39, 0.29) is 5.91 Å². The first-order valence-electron chi connectivity index (χ1n) is 5.08. The maximum absolute atomic E-state index is 11.5. The molecule has 15 heavy (non-hydrogen) atoms. The molecule has 0 bridgehead atoms. The van der Waals surface area contributed by atoms with Gasteiger partial charge in [-0.15, -0.1) is 0 Å². The summed E-state index contributed by atoms with van der Waals surface area (Å²) < 4.78 is 0. The molecule has 0 atom stereocenters. The zero-order chi connectivity index (χ0) is 11.1. The number of carbonyl (C=O) groups excluding carboxylic acids is 1. The van der Waals surface area contributed by atoms with Crippen LogP contribution in [-0.2, 0) is 4.79 Å². The number of hydrogen-bond donors (Lipinski definition) is 1. The number of carbonyl (C=O) groups is 1. The molecule has 1 aromatic carbocycles. The Balaban J connectivity index is 2.37. The quantitative estimate of drug-likeness (QED) is 0.777. The first-order chi connectivity index (χ1) is 7.22. The smallest absolute Gasteiger partial charge is 0.224 e. The summed E-state index contributed by atoms with van der Waals surface area (Å²) in [5.41, 5.74) is 2.06. The minimum atomic E-state index is 0.106. The van der Waals surface area contributed by atoms with E-state index < -0.39 is 0 Å². The van der Waals surface area contributed by atoms with E-state index in [2.05, 4.69) is 11.6 Å². The van der Waals surface area contributed by atoms with Gasteiger partial charge in [-0.25, -0.2) is 0 Å². The topological polar surface area (TPSA) is 29.1 Å². The second-order valence-corrected chi connectivity index (χ2v) is 4.50. The molecule has 0 aliphatic rings. The Labute approximate surface area is 95.5 Å². The average Bonchev–Trinajstić information content (AvgIpc) is 2.18. The second kappa shape index (κ2) is 6.51. The molecule has 0 aliphatic heterocycles. The van der Waals surface area contributed by atoms with Crippen LogP contribution in [0.5, 0.6) is 0 Å². The summed E-state index contributed by atoms with van der Waals surface area (Å²) in [6.45, 7) is 2.02. The van der Waals surface area contributed by atoms with Gasteiger partial charge in [-0.1, -0.05) is 12.1 Å². The minimum Gasteiger partial charge on any atom is -0.326 e. The number of anilines is 1. The average molecular weight is 223 g/mol. The number of amides is 1. The van der Waals surface area contributed by atoms with Gasteiger partial charge in [-0.05, 0) is 43.0 Å². The summed E-state index contributed by atoms with van der Waals surface area (Å²) in [5.74, 6) is 1.15. The van der Waals surface area contributed by atoms with Gasteiger partial charge in [-0.2, -0.15) is 11.8 Å². The Morgan fingerprint density at radius 1 is 1.47 bits per heavy atom. The molecule has 0 saturated carbocycles. The van der Waals surface area contributed by atoms with Gasteiger partial charge in [0.1, 0.15) is 0 Å². The summed E-state index contributed by atoms with van der Waals surface area (Å²) in [6.07, 6.45) is 3.60. The molecule has 0 radical (unpaired) electrons. The molecule has 1 amide bonds. The largest absolute Gasteiger partial charge is 0.326 e. The van der Waals surface area contributed by atoms with Crippen LogP contribution in [0.15, 0.2) is 24.3 Å². The van der Waals surface area contributed by atoms with Gasteiger partial charge in [-0.3, -0.25) is 4.79 Å². The van der Waals surface area contributed by atoms with E-state index in [4.69, 9.17) is 0 Å². The van der Waals surface area contributed by atoms with Crippen molar-refractivity contribution < 1.29 is 4.79 Å². The third kappa shape index (κ3) is 4.88. The van der Waals surface area contributed by atoms with Crippen LogP contribution in [0.1, 0.15) is 18.4 Å². The molecule has 2 nitrogen and oxygen atoms in total. The van der Waals surface area contributed by atoms with Crippen LogP contribution in [0.3, 0.4) is 0 Å². The van der Waals surface area contributed by atoms with Gasteiger partial charge >= 0.3 is 0 Å². The van der Waals surface area contributed by atoms with E-state index in [1.165, 1.54) is 0 Å². The highest BCUT2D eigenvalue weighted by atomic mass is 32.2. The molecule has 0 heterocycles. The van der Waals surface area contributed by atoms with Gasteiger partial charge in [0, 0.05) is 12.1 Å². The van der Waals surface area contributed by atoms with Crippen molar-refractivity contribution in [2.24, 2.45) is 0 Å². The predicted octanol–water partition coefficient (Wildman–Crippen LogP) is 3.08. The normalized spacial score (nSPS) is 10.0. The molecule has 0 saturated heterocycles. The van der Waals surface area contributed by atoms with Crippen molar-refractivity contribution in [2.45, 2.75) is 19.8 Å². The van der Waals surface area contributed by atoms with Gasteiger partial charge < -0.3 is 5.32 Å². The fourth-order valence-corrected chi connectivity index (χ4v) is 1.76. The van der Waals surface area contributed by atoms with Crippen LogP contribution < -0.4 is 5.32 Å². The molecule has 0 fully saturated rings. The Morgan fingerprint density at radius 3 is 2.93 bits per heavy atom. The lowest BCUT2D eigenvalue weighted by Crippen LogP contribution is -2.11. The molecule has 82 valence electrons. The van der Waals surface area contributed by atoms with Crippen LogP contribution in [0, 0.1) is 6.92 Å². The summed E-state index contributed by atoms with van der Waals surface area (Å²) in [7, 11) is 0. The number of rotatable bonds is 5. The molecule has 0 unspecified atom stereocenters. The van der Waals surface area contributed by atoms with Crippen molar-refractivity contribution in [1.29, 1.82) is 0 Å². The fraction of sp³-hybridized carbons (Fsp3) is 0.417. The van der Waals surface area contributed by atoms with E-state index >= 15 is 0 Å². The van der Waals surface area contributed by atoms with Gasteiger partial charge in [0.05, 0.1) is 0 Å². The van der Waals surface area contributed by atoms with Crippen LogP contribution in [0.4, 0.5) is 5.69 Å². The predicted molar refractivity (Wildman–Crippen MR) is 67.4 cm³/mol. The molecular weight excluding hydrogens is 206 g/mol. The zero-order valence-corrected chi connectivity index (χ0v) is 10.1. The van der Waals surface area contributed by atoms with E-state index in [0.717, 1.165) is 23.4 Å². The number of aryl methyl sites for hydroxylation is 1. The summed E-state index contributed by atoms with van der Waals surface area (Å²) >= 11 is 1.77. The Kier molecular flexibility index (Phi) is 5.26. The number of benzene rings is 1. The van der Waals surface area contributed by atoms with Crippen molar-refractivity contribution in [3.05, 3.63) is 29.8 Å². The van der Waals surface area contributed by atoms with E-state index in [1.807, 2.05) is 31.2 Å². The standard InChI is InChI=1S/C12H17NOS/c1-10-5-3-6-11(9-10)13-12(14)7-4-8-15-2/h3,5-6,9H,4,7-8H2,1-2H3,(H,13,14). The SMILES string of the molecule is CSCCCC(=O)Nc1cccc(C)c1. The number of nitrogens with one attached hydrogen (secondary N) is 1. The van der Waals surface area contributed by atoms with E-state index in [9.17, 15) is 4.79 Å². The van der Waals surface area contributed by atoms with Crippen molar-refractivity contribution >= 4 is 23.4 Å². The number of thioether (sulfide) groups is 1. The van der Waals surface area contributed by atoms with Crippen molar-refractivity contribution in [3.63, 3.8) is 0 Å².